The van der Waals surface area contributed by atoms with Gasteiger partial charge < -0.3 is 14.2 Å². The Kier molecular flexibility index (Phi) is 3.40. The summed E-state index contributed by atoms with van der Waals surface area (Å²) in [4.78, 5) is 16.4. The number of hydrogen-bond acceptors (Lipinski definition) is 5. The smallest absolute Gasteiger partial charge is 0.318 e. The number of carbonyl (C=O) groups excluding carboxylic acids is 1. The summed E-state index contributed by atoms with van der Waals surface area (Å²) in [7, 11) is 1.90. The molecule has 1 aromatic heterocycles. The monoisotopic (exact) mass is 278 g/mol. The second-order valence-corrected chi connectivity index (χ2v) is 6.01. The first-order valence-electron chi connectivity index (χ1n) is 7.47. The highest BCUT2D eigenvalue weighted by Gasteiger charge is 2.48. The summed E-state index contributed by atoms with van der Waals surface area (Å²) in [5.74, 6) is 0.968. The molecule has 2 saturated heterocycles. The van der Waals surface area contributed by atoms with E-state index in [0.29, 0.717) is 18.5 Å². The maximum absolute atomic E-state index is 12.5. The third kappa shape index (κ3) is 2.17. The average Bonchev–Trinajstić information content (AvgIpc) is 3.04. The summed E-state index contributed by atoms with van der Waals surface area (Å²) in [6, 6.07) is 0.575. The van der Waals surface area contributed by atoms with Crippen molar-refractivity contribution in [3.8, 4) is 0 Å². The molecule has 0 N–H and O–H groups in total. The molecule has 110 valence electrons. The lowest BCUT2D eigenvalue weighted by molar-refractivity contribution is -0.143. The van der Waals surface area contributed by atoms with Crippen LogP contribution in [-0.4, -0.2) is 47.7 Å². The molecule has 2 aliphatic heterocycles. The summed E-state index contributed by atoms with van der Waals surface area (Å²) in [5, 5.41) is 8.19. The number of likely N-dealkylation sites (tertiary alicyclic amines) is 1. The molecule has 1 unspecified atom stereocenters. The van der Waals surface area contributed by atoms with Gasteiger partial charge in [-0.2, -0.15) is 0 Å². The molecule has 0 aliphatic carbocycles. The van der Waals surface area contributed by atoms with Crippen molar-refractivity contribution in [2.45, 2.75) is 39.0 Å². The second kappa shape index (κ2) is 5.07. The molecule has 6 nitrogen and oxygen atoms in total. The standard InChI is InChI=1S/C14H22N4O2/c1-3-5-11-15-16-13(20-11)18-9-7-14(10-18)6-4-8-17(2)12(14)19/h3-10H2,1-2H3. The summed E-state index contributed by atoms with van der Waals surface area (Å²) in [6.45, 7) is 4.50. The molecule has 2 fully saturated rings. The van der Waals surface area contributed by atoms with E-state index < -0.39 is 0 Å². The summed E-state index contributed by atoms with van der Waals surface area (Å²) in [6.07, 6.45) is 4.76. The third-order valence-electron chi connectivity index (χ3n) is 4.49. The van der Waals surface area contributed by atoms with Gasteiger partial charge in [0, 0.05) is 33.1 Å². The van der Waals surface area contributed by atoms with Gasteiger partial charge in [-0.1, -0.05) is 12.0 Å². The Hall–Kier alpha value is -1.59. The molecule has 1 aromatic rings. The molecule has 0 bridgehead atoms. The zero-order valence-corrected chi connectivity index (χ0v) is 12.3. The molecule has 0 radical (unpaired) electrons. The van der Waals surface area contributed by atoms with Crippen molar-refractivity contribution in [3.63, 3.8) is 0 Å². The van der Waals surface area contributed by atoms with Crippen molar-refractivity contribution in [2.75, 3.05) is 31.6 Å². The van der Waals surface area contributed by atoms with Crippen LogP contribution in [0.1, 0.15) is 38.5 Å². The first-order valence-corrected chi connectivity index (χ1v) is 7.47. The number of nitrogens with zero attached hydrogens (tertiary/aromatic N) is 4. The van der Waals surface area contributed by atoms with E-state index in [2.05, 4.69) is 22.0 Å². The molecule has 3 rings (SSSR count). The van der Waals surface area contributed by atoms with Gasteiger partial charge in [-0.25, -0.2) is 0 Å². The number of rotatable bonds is 3. The molecule has 1 spiro atoms. The highest BCUT2D eigenvalue weighted by molar-refractivity contribution is 5.84. The zero-order chi connectivity index (χ0) is 14.2. The summed E-state index contributed by atoms with van der Waals surface area (Å²) in [5.41, 5.74) is -0.230. The van der Waals surface area contributed by atoms with E-state index in [9.17, 15) is 4.79 Å². The lowest BCUT2D eigenvalue weighted by Gasteiger charge is -2.37. The van der Waals surface area contributed by atoms with Gasteiger partial charge in [0.05, 0.1) is 5.41 Å². The van der Waals surface area contributed by atoms with Gasteiger partial charge in [-0.15, -0.1) is 5.10 Å². The normalized spacial score (nSPS) is 26.8. The van der Waals surface area contributed by atoms with Crippen molar-refractivity contribution in [1.82, 2.24) is 15.1 Å². The van der Waals surface area contributed by atoms with Crippen molar-refractivity contribution in [3.05, 3.63) is 5.89 Å². The number of anilines is 1. The maximum Gasteiger partial charge on any atom is 0.318 e. The molecular formula is C14H22N4O2. The first-order chi connectivity index (χ1) is 9.64. The number of amides is 1. The SMILES string of the molecule is CCCc1nnc(N2CCC3(CCCN(C)C3=O)C2)o1. The fraction of sp³-hybridized carbons (Fsp3) is 0.786. The maximum atomic E-state index is 12.5. The Balaban J connectivity index is 1.73. The van der Waals surface area contributed by atoms with Gasteiger partial charge in [0.15, 0.2) is 0 Å². The van der Waals surface area contributed by atoms with Crippen molar-refractivity contribution in [1.29, 1.82) is 0 Å². The van der Waals surface area contributed by atoms with E-state index in [1.54, 1.807) is 0 Å². The second-order valence-electron chi connectivity index (χ2n) is 6.01. The number of aryl methyl sites for hydroxylation is 1. The fourth-order valence-corrected chi connectivity index (χ4v) is 3.37. The average molecular weight is 278 g/mol. The van der Waals surface area contributed by atoms with E-state index in [0.717, 1.165) is 45.2 Å². The minimum absolute atomic E-state index is 0.230. The van der Waals surface area contributed by atoms with E-state index >= 15 is 0 Å². The molecule has 0 saturated carbocycles. The minimum atomic E-state index is -0.230. The van der Waals surface area contributed by atoms with E-state index in [1.165, 1.54) is 0 Å². The van der Waals surface area contributed by atoms with Crippen LogP contribution in [0.15, 0.2) is 4.42 Å². The van der Waals surface area contributed by atoms with E-state index in [-0.39, 0.29) is 11.3 Å². The first kappa shape index (κ1) is 13.4. The van der Waals surface area contributed by atoms with Crippen molar-refractivity contribution < 1.29 is 9.21 Å². The van der Waals surface area contributed by atoms with Crippen LogP contribution < -0.4 is 4.90 Å². The van der Waals surface area contributed by atoms with Crippen LogP contribution in [0.5, 0.6) is 0 Å². The Labute approximate surface area is 119 Å². The largest absolute Gasteiger partial charge is 0.408 e. The van der Waals surface area contributed by atoms with Crippen LogP contribution in [-0.2, 0) is 11.2 Å². The lowest BCUT2D eigenvalue weighted by Crippen LogP contribution is -2.48. The Morgan fingerprint density at radius 1 is 1.30 bits per heavy atom. The highest BCUT2D eigenvalue weighted by atomic mass is 16.4. The fourth-order valence-electron chi connectivity index (χ4n) is 3.37. The Morgan fingerprint density at radius 3 is 2.95 bits per heavy atom. The quantitative estimate of drug-likeness (QED) is 0.838. The van der Waals surface area contributed by atoms with Crippen LogP contribution in [0.4, 0.5) is 6.01 Å². The van der Waals surface area contributed by atoms with Crippen LogP contribution in [0.25, 0.3) is 0 Å². The van der Waals surface area contributed by atoms with Gasteiger partial charge in [-0.05, 0) is 25.7 Å². The number of piperidine rings is 1. The number of hydrogen-bond donors (Lipinski definition) is 0. The molecule has 1 amide bonds. The lowest BCUT2D eigenvalue weighted by atomic mass is 9.78. The number of carbonyl (C=O) groups is 1. The summed E-state index contributed by atoms with van der Waals surface area (Å²) >= 11 is 0. The minimum Gasteiger partial charge on any atom is -0.408 e. The molecule has 0 aromatic carbocycles. The molecule has 2 aliphatic rings. The van der Waals surface area contributed by atoms with Gasteiger partial charge in [0.1, 0.15) is 0 Å². The van der Waals surface area contributed by atoms with Crippen LogP contribution >= 0.6 is 0 Å². The molecule has 20 heavy (non-hydrogen) atoms. The van der Waals surface area contributed by atoms with Crippen LogP contribution in [0, 0.1) is 5.41 Å². The molecular weight excluding hydrogens is 256 g/mol. The molecule has 3 heterocycles. The number of aromatic nitrogens is 2. The van der Waals surface area contributed by atoms with Crippen molar-refractivity contribution >= 4 is 11.9 Å². The predicted molar refractivity (Wildman–Crippen MR) is 74.4 cm³/mol. The van der Waals surface area contributed by atoms with Crippen LogP contribution in [0.3, 0.4) is 0 Å². The van der Waals surface area contributed by atoms with Crippen LogP contribution in [0.2, 0.25) is 0 Å². The van der Waals surface area contributed by atoms with Gasteiger partial charge in [-0.3, -0.25) is 4.79 Å². The van der Waals surface area contributed by atoms with Gasteiger partial charge in [0.2, 0.25) is 11.8 Å². The highest BCUT2D eigenvalue weighted by Crippen LogP contribution is 2.40. The zero-order valence-electron chi connectivity index (χ0n) is 12.3. The summed E-state index contributed by atoms with van der Waals surface area (Å²) < 4.78 is 5.68. The van der Waals surface area contributed by atoms with Gasteiger partial charge >= 0.3 is 6.01 Å². The van der Waals surface area contributed by atoms with E-state index in [1.807, 2.05) is 11.9 Å². The third-order valence-corrected chi connectivity index (χ3v) is 4.49. The molecule has 1 atom stereocenters. The Morgan fingerprint density at radius 2 is 2.15 bits per heavy atom. The molecule has 6 heteroatoms. The topological polar surface area (TPSA) is 62.5 Å². The van der Waals surface area contributed by atoms with Crippen molar-refractivity contribution in [2.24, 2.45) is 5.41 Å². The predicted octanol–water partition coefficient (Wildman–Crippen LogP) is 1.47. The van der Waals surface area contributed by atoms with E-state index in [4.69, 9.17) is 4.42 Å². The van der Waals surface area contributed by atoms with Gasteiger partial charge in [0.25, 0.3) is 0 Å². The Bertz CT molecular complexity index is 501.